The number of ether oxygens (including phenoxy) is 1. The second-order valence-corrected chi connectivity index (χ2v) is 6.99. The van der Waals surface area contributed by atoms with E-state index in [9.17, 15) is 4.79 Å². The number of hydrogen-bond acceptors (Lipinski definition) is 4. The van der Waals surface area contributed by atoms with Crippen LogP contribution >= 0.6 is 0 Å². The predicted octanol–water partition coefficient (Wildman–Crippen LogP) is 1.02. The number of rotatable bonds is 6. The largest absolute Gasteiger partial charge is 0.444 e. The van der Waals surface area contributed by atoms with Crippen LogP contribution < -0.4 is 16.0 Å². The van der Waals surface area contributed by atoms with Gasteiger partial charge >= 0.3 is 6.09 Å². The van der Waals surface area contributed by atoms with E-state index in [1.165, 1.54) is 0 Å². The number of nitrogens with zero attached hydrogens (tertiary/aromatic N) is 2. The van der Waals surface area contributed by atoms with E-state index in [1.807, 2.05) is 34.9 Å². The molecule has 22 heavy (non-hydrogen) atoms. The maximum atomic E-state index is 11.5. The van der Waals surface area contributed by atoms with E-state index in [2.05, 4.69) is 39.7 Å². The Bertz CT molecular complexity index is 373. The van der Waals surface area contributed by atoms with Crippen molar-refractivity contribution in [2.24, 2.45) is 4.99 Å². The van der Waals surface area contributed by atoms with Crippen LogP contribution in [0.2, 0.25) is 0 Å². The smallest absolute Gasteiger partial charge is 0.407 e. The van der Waals surface area contributed by atoms with Gasteiger partial charge in [0.2, 0.25) is 0 Å². The van der Waals surface area contributed by atoms with E-state index in [0.717, 1.165) is 6.54 Å². The molecule has 0 bridgehead atoms. The molecule has 0 atom stereocenters. The van der Waals surface area contributed by atoms with Crippen LogP contribution in [-0.2, 0) is 4.74 Å². The SMILES string of the molecule is CN=C(NCCNC(=O)OC(C)(C)C)NCC(C)(C)N(C)C. The fourth-order valence-electron chi connectivity index (χ4n) is 1.34. The zero-order valence-electron chi connectivity index (χ0n) is 15.3. The Hall–Kier alpha value is -1.50. The molecule has 0 heterocycles. The number of guanidine groups is 1. The summed E-state index contributed by atoms with van der Waals surface area (Å²) in [5.41, 5.74) is -0.459. The topological polar surface area (TPSA) is 78.0 Å². The maximum absolute atomic E-state index is 11.5. The average molecular weight is 315 g/mol. The minimum Gasteiger partial charge on any atom is -0.444 e. The van der Waals surface area contributed by atoms with Crippen molar-refractivity contribution in [3.63, 3.8) is 0 Å². The van der Waals surface area contributed by atoms with Crippen molar-refractivity contribution in [2.45, 2.75) is 45.8 Å². The second-order valence-electron chi connectivity index (χ2n) is 6.99. The molecular weight excluding hydrogens is 282 g/mol. The molecule has 0 rings (SSSR count). The van der Waals surface area contributed by atoms with Gasteiger partial charge in [-0.05, 0) is 48.7 Å². The molecule has 3 N–H and O–H groups in total. The lowest BCUT2D eigenvalue weighted by Gasteiger charge is -2.33. The van der Waals surface area contributed by atoms with Crippen LogP contribution in [-0.4, -0.2) is 68.9 Å². The molecule has 0 fully saturated rings. The Morgan fingerprint density at radius 2 is 1.59 bits per heavy atom. The van der Waals surface area contributed by atoms with Crippen LogP contribution in [0.5, 0.6) is 0 Å². The second kappa shape index (κ2) is 8.82. The number of hydrogen-bond donors (Lipinski definition) is 3. The van der Waals surface area contributed by atoms with Crippen LogP contribution in [0.3, 0.4) is 0 Å². The molecule has 0 radical (unpaired) electrons. The molecule has 0 aromatic carbocycles. The first-order chi connectivity index (χ1) is 9.98. The first-order valence-electron chi connectivity index (χ1n) is 7.57. The van der Waals surface area contributed by atoms with Gasteiger partial charge in [-0.3, -0.25) is 4.99 Å². The Balaban J connectivity index is 4.01. The summed E-state index contributed by atoms with van der Waals surface area (Å²) in [5.74, 6) is 0.709. The first-order valence-corrected chi connectivity index (χ1v) is 7.57. The number of alkyl carbamates (subject to hydrolysis) is 1. The molecule has 0 aliphatic carbocycles. The summed E-state index contributed by atoms with van der Waals surface area (Å²) in [6.45, 7) is 11.6. The van der Waals surface area contributed by atoms with Gasteiger partial charge in [0, 0.05) is 32.2 Å². The van der Waals surface area contributed by atoms with Gasteiger partial charge in [-0.25, -0.2) is 4.79 Å². The van der Waals surface area contributed by atoms with Gasteiger partial charge < -0.3 is 25.6 Å². The third-order valence-electron chi connectivity index (χ3n) is 3.21. The van der Waals surface area contributed by atoms with Gasteiger partial charge in [0.25, 0.3) is 0 Å². The summed E-state index contributed by atoms with van der Waals surface area (Å²) in [7, 11) is 5.81. The van der Waals surface area contributed by atoms with E-state index in [4.69, 9.17) is 4.74 Å². The zero-order valence-corrected chi connectivity index (χ0v) is 15.3. The summed E-state index contributed by atoms with van der Waals surface area (Å²) in [6.07, 6.45) is -0.411. The zero-order chi connectivity index (χ0) is 17.4. The highest BCUT2D eigenvalue weighted by molar-refractivity contribution is 5.79. The molecule has 130 valence electrons. The van der Waals surface area contributed by atoms with Gasteiger partial charge in [-0.15, -0.1) is 0 Å². The van der Waals surface area contributed by atoms with Crippen molar-refractivity contribution in [3.05, 3.63) is 0 Å². The number of amides is 1. The first kappa shape index (κ1) is 20.5. The molecule has 7 heteroatoms. The molecule has 0 aromatic rings. The third kappa shape index (κ3) is 9.44. The molecule has 0 spiro atoms. The highest BCUT2D eigenvalue weighted by Crippen LogP contribution is 2.07. The van der Waals surface area contributed by atoms with Crippen molar-refractivity contribution in [1.29, 1.82) is 0 Å². The molecule has 0 aromatic heterocycles. The van der Waals surface area contributed by atoms with Gasteiger partial charge in [0.05, 0.1) is 0 Å². The molecule has 0 aliphatic heterocycles. The summed E-state index contributed by atoms with van der Waals surface area (Å²) in [4.78, 5) is 17.8. The summed E-state index contributed by atoms with van der Waals surface area (Å²) in [5, 5.41) is 9.11. The number of aliphatic imine (C=N–C) groups is 1. The van der Waals surface area contributed by atoms with Crippen molar-refractivity contribution < 1.29 is 9.53 Å². The van der Waals surface area contributed by atoms with E-state index in [1.54, 1.807) is 7.05 Å². The minimum absolute atomic E-state index is 0.0202. The quantitative estimate of drug-likeness (QED) is 0.387. The molecule has 0 unspecified atom stereocenters. The summed E-state index contributed by atoms with van der Waals surface area (Å²) >= 11 is 0. The Morgan fingerprint density at radius 3 is 2.05 bits per heavy atom. The van der Waals surface area contributed by atoms with Crippen molar-refractivity contribution >= 4 is 12.1 Å². The highest BCUT2D eigenvalue weighted by atomic mass is 16.6. The maximum Gasteiger partial charge on any atom is 0.407 e. The number of carbonyl (C=O) groups excluding carboxylic acids is 1. The number of likely N-dealkylation sites (N-methyl/N-ethyl adjacent to an activating group) is 1. The fourth-order valence-corrected chi connectivity index (χ4v) is 1.34. The van der Waals surface area contributed by atoms with Gasteiger partial charge in [0.15, 0.2) is 5.96 Å². The van der Waals surface area contributed by atoms with Gasteiger partial charge in [-0.1, -0.05) is 0 Å². The highest BCUT2D eigenvalue weighted by Gasteiger charge is 2.20. The standard InChI is InChI=1S/C15H33N5O2/c1-14(2,3)22-13(21)18-10-9-17-12(16-6)19-11-15(4,5)20(7)8/h9-11H2,1-8H3,(H,18,21)(H2,16,17,19). The van der Waals surface area contributed by atoms with Gasteiger partial charge in [0.1, 0.15) is 5.60 Å². The normalized spacial score (nSPS) is 13.0. The van der Waals surface area contributed by atoms with E-state index in [-0.39, 0.29) is 5.54 Å². The van der Waals surface area contributed by atoms with Crippen molar-refractivity contribution in [3.8, 4) is 0 Å². The Kier molecular flexibility index (Phi) is 8.22. The lowest BCUT2D eigenvalue weighted by Crippen LogP contribution is -2.51. The molecule has 0 saturated carbocycles. The van der Waals surface area contributed by atoms with Crippen molar-refractivity contribution in [1.82, 2.24) is 20.9 Å². The Labute approximate surface area is 134 Å². The van der Waals surface area contributed by atoms with E-state index in [0.29, 0.717) is 19.0 Å². The summed E-state index contributed by atoms with van der Waals surface area (Å²) < 4.78 is 5.16. The number of carbonyl (C=O) groups is 1. The Morgan fingerprint density at radius 1 is 1.05 bits per heavy atom. The predicted molar refractivity (Wildman–Crippen MR) is 91.4 cm³/mol. The van der Waals surface area contributed by atoms with Crippen LogP contribution in [0.4, 0.5) is 4.79 Å². The average Bonchev–Trinajstić information content (AvgIpc) is 2.35. The van der Waals surface area contributed by atoms with Gasteiger partial charge in [-0.2, -0.15) is 0 Å². The van der Waals surface area contributed by atoms with Crippen LogP contribution in [0.25, 0.3) is 0 Å². The van der Waals surface area contributed by atoms with E-state index < -0.39 is 11.7 Å². The van der Waals surface area contributed by atoms with Crippen molar-refractivity contribution in [2.75, 3.05) is 40.8 Å². The minimum atomic E-state index is -0.479. The lowest BCUT2D eigenvalue weighted by molar-refractivity contribution is 0.0529. The lowest BCUT2D eigenvalue weighted by atomic mass is 10.0. The van der Waals surface area contributed by atoms with Crippen LogP contribution in [0.15, 0.2) is 4.99 Å². The fraction of sp³-hybridized carbons (Fsp3) is 0.867. The molecule has 7 nitrogen and oxygen atoms in total. The van der Waals surface area contributed by atoms with Crippen LogP contribution in [0.1, 0.15) is 34.6 Å². The summed E-state index contributed by atoms with van der Waals surface area (Å²) in [6, 6.07) is 0. The molecule has 0 saturated heterocycles. The molecular formula is C15H33N5O2. The van der Waals surface area contributed by atoms with Crippen LogP contribution in [0, 0.1) is 0 Å². The molecule has 1 amide bonds. The number of nitrogens with one attached hydrogen (secondary N) is 3. The molecule has 0 aliphatic rings. The van der Waals surface area contributed by atoms with E-state index >= 15 is 0 Å². The monoisotopic (exact) mass is 315 g/mol. The third-order valence-corrected chi connectivity index (χ3v) is 3.21.